The van der Waals surface area contributed by atoms with Crippen LogP contribution in [0.2, 0.25) is 0 Å². The second kappa shape index (κ2) is 4.19. The third-order valence-corrected chi connectivity index (χ3v) is 3.60. The van der Waals surface area contributed by atoms with Gasteiger partial charge in [0.2, 0.25) is 0 Å². The summed E-state index contributed by atoms with van der Waals surface area (Å²) in [5.74, 6) is 1.03. The van der Waals surface area contributed by atoms with E-state index in [-0.39, 0.29) is 24.0 Å². The second-order valence-electron chi connectivity index (χ2n) is 5.98. The van der Waals surface area contributed by atoms with E-state index in [4.69, 9.17) is 0 Å². The molecule has 0 saturated heterocycles. The minimum Gasteiger partial charge on any atom is -0.396 e. The van der Waals surface area contributed by atoms with Crippen LogP contribution in [0.3, 0.4) is 0 Å². The molecule has 0 radical (unpaired) electrons. The fraction of sp³-hybridized carbons (Fsp3) is 1.00. The summed E-state index contributed by atoms with van der Waals surface area (Å²) in [6.45, 7) is 8.86. The van der Waals surface area contributed by atoms with E-state index in [2.05, 4.69) is 27.7 Å². The molecular formula is C12H24O2. The first kappa shape index (κ1) is 12.0. The Bertz CT molecular complexity index is 183. The smallest absolute Gasteiger partial charge is 0.0623 e. The molecule has 0 aromatic rings. The second-order valence-corrected chi connectivity index (χ2v) is 5.98. The lowest BCUT2D eigenvalue weighted by Crippen LogP contribution is -2.44. The Labute approximate surface area is 87.3 Å². The number of hydrogen-bond acceptors (Lipinski definition) is 2. The summed E-state index contributed by atoms with van der Waals surface area (Å²) in [6, 6.07) is 0. The Balaban J connectivity index is 2.75. The molecule has 2 nitrogen and oxygen atoms in total. The van der Waals surface area contributed by atoms with Gasteiger partial charge in [-0.15, -0.1) is 0 Å². The summed E-state index contributed by atoms with van der Waals surface area (Å²) < 4.78 is 0. The zero-order valence-corrected chi connectivity index (χ0v) is 9.83. The number of aliphatic hydroxyl groups excluding tert-OH is 2. The maximum absolute atomic E-state index is 10.1. The molecule has 0 aromatic heterocycles. The van der Waals surface area contributed by atoms with Crippen molar-refractivity contribution in [3.8, 4) is 0 Å². The Morgan fingerprint density at radius 2 is 1.79 bits per heavy atom. The van der Waals surface area contributed by atoms with E-state index >= 15 is 0 Å². The standard InChI is InChI=1S/C12H24O2/c1-8-5-9(7-13)11(14)10(6-8)12(2,3)4/h8-11,13-14H,5-7H2,1-4H3. The van der Waals surface area contributed by atoms with Gasteiger partial charge in [0.15, 0.2) is 0 Å². The highest BCUT2D eigenvalue weighted by Crippen LogP contribution is 2.42. The van der Waals surface area contributed by atoms with Gasteiger partial charge in [-0.25, -0.2) is 0 Å². The fourth-order valence-electron chi connectivity index (χ4n) is 2.70. The molecule has 14 heavy (non-hydrogen) atoms. The predicted molar refractivity (Wildman–Crippen MR) is 57.9 cm³/mol. The van der Waals surface area contributed by atoms with Gasteiger partial charge in [-0.2, -0.15) is 0 Å². The SMILES string of the molecule is CC1CC(CO)C(O)C(C(C)(C)C)C1. The van der Waals surface area contributed by atoms with Crippen molar-refractivity contribution in [1.82, 2.24) is 0 Å². The lowest BCUT2D eigenvalue weighted by Gasteiger charge is -2.44. The average molecular weight is 200 g/mol. The Morgan fingerprint density at radius 3 is 2.21 bits per heavy atom. The highest BCUT2D eigenvalue weighted by molar-refractivity contribution is 4.90. The molecule has 0 aliphatic heterocycles. The van der Waals surface area contributed by atoms with Crippen LogP contribution < -0.4 is 0 Å². The van der Waals surface area contributed by atoms with Crippen molar-refractivity contribution in [3.05, 3.63) is 0 Å². The molecule has 1 aliphatic rings. The molecule has 1 saturated carbocycles. The summed E-state index contributed by atoms with van der Waals surface area (Å²) in [4.78, 5) is 0. The molecule has 4 atom stereocenters. The fourth-order valence-corrected chi connectivity index (χ4v) is 2.70. The molecule has 0 spiro atoms. The van der Waals surface area contributed by atoms with Crippen LogP contribution >= 0.6 is 0 Å². The third kappa shape index (κ3) is 2.48. The molecular weight excluding hydrogens is 176 g/mol. The number of rotatable bonds is 1. The predicted octanol–water partition coefficient (Wildman–Crippen LogP) is 2.05. The highest BCUT2D eigenvalue weighted by atomic mass is 16.3. The quantitative estimate of drug-likeness (QED) is 0.680. The van der Waals surface area contributed by atoms with Crippen molar-refractivity contribution in [3.63, 3.8) is 0 Å². The monoisotopic (exact) mass is 200 g/mol. The summed E-state index contributed by atoms with van der Waals surface area (Å²) >= 11 is 0. The molecule has 1 fully saturated rings. The van der Waals surface area contributed by atoms with E-state index in [1.54, 1.807) is 0 Å². The lowest BCUT2D eigenvalue weighted by molar-refractivity contribution is -0.0617. The van der Waals surface area contributed by atoms with Gasteiger partial charge in [0.1, 0.15) is 0 Å². The van der Waals surface area contributed by atoms with E-state index < -0.39 is 0 Å². The zero-order valence-electron chi connectivity index (χ0n) is 9.83. The average Bonchev–Trinajstić information content (AvgIpc) is 2.06. The molecule has 2 N–H and O–H groups in total. The summed E-state index contributed by atoms with van der Waals surface area (Å²) in [6.07, 6.45) is 1.72. The Kier molecular flexibility index (Phi) is 3.59. The van der Waals surface area contributed by atoms with Crippen molar-refractivity contribution in [2.75, 3.05) is 6.61 Å². The van der Waals surface area contributed by atoms with Crippen LogP contribution in [0.4, 0.5) is 0 Å². The van der Waals surface area contributed by atoms with Gasteiger partial charge in [-0.3, -0.25) is 0 Å². The van der Waals surface area contributed by atoms with Gasteiger partial charge in [-0.1, -0.05) is 27.7 Å². The van der Waals surface area contributed by atoms with Crippen LogP contribution in [-0.2, 0) is 0 Å². The largest absolute Gasteiger partial charge is 0.396 e. The summed E-state index contributed by atoms with van der Waals surface area (Å²) in [7, 11) is 0. The molecule has 1 aliphatic carbocycles. The molecule has 2 heteroatoms. The molecule has 84 valence electrons. The third-order valence-electron chi connectivity index (χ3n) is 3.60. The minimum absolute atomic E-state index is 0.0861. The molecule has 0 amide bonds. The van der Waals surface area contributed by atoms with Gasteiger partial charge in [-0.05, 0) is 30.1 Å². The Hall–Kier alpha value is -0.0800. The Morgan fingerprint density at radius 1 is 1.21 bits per heavy atom. The van der Waals surface area contributed by atoms with E-state index in [1.165, 1.54) is 0 Å². The molecule has 1 rings (SSSR count). The van der Waals surface area contributed by atoms with E-state index in [0.717, 1.165) is 12.8 Å². The minimum atomic E-state index is -0.323. The number of aliphatic hydroxyl groups is 2. The van der Waals surface area contributed by atoms with Crippen LogP contribution in [0, 0.1) is 23.2 Å². The van der Waals surface area contributed by atoms with Gasteiger partial charge >= 0.3 is 0 Å². The highest BCUT2D eigenvalue weighted by Gasteiger charge is 2.40. The van der Waals surface area contributed by atoms with E-state index in [1.807, 2.05) is 0 Å². The first-order valence-electron chi connectivity index (χ1n) is 5.65. The van der Waals surface area contributed by atoms with E-state index in [9.17, 15) is 10.2 Å². The van der Waals surface area contributed by atoms with Crippen LogP contribution in [0.15, 0.2) is 0 Å². The first-order chi connectivity index (χ1) is 6.36. The topological polar surface area (TPSA) is 40.5 Å². The van der Waals surface area contributed by atoms with Gasteiger partial charge < -0.3 is 10.2 Å². The maximum atomic E-state index is 10.1. The molecule has 0 heterocycles. The van der Waals surface area contributed by atoms with Crippen LogP contribution in [0.5, 0.6) is 0 Å². The summed E-state index contributed by atoms with van der Waals surface area (Å²) in [5.41, 5.74) is 0.140. The van der Waals surface area contributed by atoms with Crippen LogP contribution in [0.1, 0.15) is 40.5 Å². The maximum Gasteiger partial charge on any atom is 0.0623 e. The zero-order chi connectivity index (χ0) is 10.9. The van der Waals surface area contributed by atoms with Crippen molar-refractivity contribution in [2.24, 2.45) is 23.2 Å². The van der Waals surface area contributed by atoms with Crippen molar-refractivity contribution < 1.29 is 10.2 Å². The van der Waals surface area contributed by atoms with Gasteiger partial charge in [0.05, 0.1) is 6.10 Å². The molecule has 0 aromatic carbocycles. The van der Waals surface area contributed by atoms with Crippen LogP contribution in [0.25, 0.3) is 0 Å². The van der Waals surface area contributed by atoms with E-state index in [0.29, 0.717) is 11.8 Å². The van der Waals surface area contributed by atoms with Crippen molar-refractivity contribution >= 4 is 0 Å². The molecule has 0 bridgehead atoms. The normalized spacial score (nSPS) is 39.9. The molecule has 4 unspecified atom stereocenters. The number of hydrogen-bond donors (Lipinski definition) is 2. The van der Waals surface area contributed by atoms with Gasteiger partial charge in [0.25, 0.3) is 0 Å². The van der Waals surface area contributed by atoms with Crippen molar-refractivity contribution in [1.29, 1.82) is 0 Å². The van der Waals surface area contributed by atoms with Crippen molar-refractivity contribution in [2.45, 2.75) is 46.6 Å². The van der Waals surface area contributed by atoms with Crippen LogP contribution in [-0.4, -0.2) is 22.9 Å². The first-order valence-corrected chi connectivity index (χ1v) is 5.65. The lowest BCUT2D eigenvalue weighted by atomic mass is 9.64. The van der Waals surface area contributed by atoms with Gasteiger partial charge in [0, 0.05) is 12.5 Å². The summed E-state index contributed by atoms with van der Waals surface area (Å²) in [5, 5.41) is 19.3.